The third-order valence-corrected chi connectivity index (χ3v) is 5.40. The summed E-state index contributed by atoms with van der Waals surface area (Å²) in [6.07, 6.45) is 3.80. The van der Waals surface area contributed by atoms with Gasteiger partial charge >= 0.3 is 0 Å². The number of nitrogens with two attached hydrogens (primary N) is 2. The number of benzene rings is 1. The number of hydrogen-bond donors (Lipinski definition) is 4. The van der Waals surface area contributed by atoms with Crippen molar-refractivity contribution in [3.05, 3.63) is 34.4 Å². The van der Waals surface area contributed by atoms with Crippen LogP contribution in [0.3, 0.4) is 0 Å². The maximum Gasteiger partial charge on any atom is 0.269 e. The Labute approximate surface area is 176 Å². The molecule has 2 amide bonds. The van der Waals surface area contributed by atoms with E-state index in [9.17, 15) is 19.7 Å². The fourth-order valence-electron chi connectivity index (χ4n) is 3.86. The van der Waals surface area contributed by atoms with E-state index >= 15 is 0 Å². The number of non-ortho nitro benzene ring substituents is 1. The Bertz CT molecular complexity index is 733. The molecule has 1 aliphatic heterocycles. The second-order valence-corrected chi connectivity index (χ2v) is 7.70. The molecule has 0 bridgehead atoms. The number of nitro benzene ring substituents is 1. The van der Waals surface area contributed by atoms with Crippen molar-refractivity contribution in [1.82, 2.24) is 10.2 Å². The second kappa shape index (κ2) is 11.0. The van der Waals surface area contributed by atoms with Crippen molar-refractivity contribution >= 4 is 23.2 Å². The quantitative estimate of drug-likeness (QED) is 0.328. The van der Waals surface area contributed by atoms with Gasteiger partial charge in [-0.3, -0.25) is 25.0 Å². The molecule has 0 spiro atoms. The van der Waals surface area contributed by atoms with Crippen LogP contribution in [0.15, 0.2) is 24.3 Å². The number of piperidine rings is 1. The lowest BCUT2D eigenvalue weighted by Gasteiger charge is -2.48. The monoisotopic (exact) mass is 420 g/mol. The smallest absolute Gasteiger partial charge is 0.269 e. The third-order valence-electron chi connectivity index (χ3n) is 5.40. The van der Waals surface area contributed by atoms with Crippen LogP contribution >= 0.6 is 0 Å². The highest BCUT2D eigenvalue weighted by Crippen LogP contribution is 2.28. The molecule has 1 heterocycles. The topological polar surface area (TPSA) is 157 Å². The van der Waals surface area contributed by atoms with Crippen molar-refractivity contribution in [2.24, 2.45) is 11.5 Å². The highest BCUT2D eigenvalue weighted by Gasteiger charge is 2.42. The maximum absolute atomic E-state index is 13.2. The van der Waals surface area contributed by atoms with Gasteiger partial charge in [0.15, 0.2) is 0 Å². The van der Waals surface area contributed by atoms with Crippen molar-refractivity contribution in [3.63, 3.8) is 0 Å². The van der Waals surface area contributed by atoms with E-state index in [-0.39, 0.29) is 30.5 Å². The number of rotatable bonds is 10. The number of nitrogens with zero attached hydrogens (tertiary/aromatic N) is 2. The summed E-state index contributed by atoms with van der Waals surface area (Å²) in [5.41, 5.74) is 11.0. The third kappa shape index (κ3) is 5.97. The van der Waals surface area contributed by atoms with Gasteiger partial charge in [0.05, 0.1) is 10.6 Å². The van der Waals surface area contributed by atoms with Crippen molar-refractivity contribution < 1.29 is 14.5 Å². The molecule has 2 rings (SSSR count). The van der Waals surface area contributed by atoms with Crippen molar-refractivity contribution in [1.29, 1.82) is 0 Å². The number of anilines is 1. The number of nitro groups is 1. The van der Waals surface area contributed by atoms with Gasteiger partial charge in [-0.05, 0) is 64.3 Å². The molecule has 10 nitrogen and oxygen atoms in total. The van der Waals surface area contributed by atoms with E-state index in [0.717, 1.165) is 25.8 Å². The Morgan fingerprint density at radius 1 is 1.27 bits per heavy atom. The minimum absolute atomic E-state index is 0.0636. The molecular weight excluding hydrogens is 388 g/mol. The van der Waals surface area contributed by atoms with Crippen LogP contribution in [0.4, 0.5) is 11.4 Å². The normalized spacial score (nSPS) is 19.7. The second-order valence-electron chi connectivity index (χ2n) is 7.70. The van der Waals surface area contributed by atoms with E-state index in [2.05, 4.69) is 10.6 Å². The van der Waals surface area contributed by atoms with Crippen LogP contribution in [0.5, 0.6) is 0 Å². The molecule has 1 saturated heterocycles. The van der Waals surface area contributed by atoms with Gasteiger partial charge in [-0.1, -0.05) is 0 Å². The van der Waals surface area contributed by atoms with Gasteiger partial charge in [0.1, 0.15) is 6.04 Å². The SMILES string of the molecule is CC1(N(C(=O)CCN)[C@@H](CCCN)C(=O)Nc2ccc([N+](=O)[O-])cc2)CCCCN1. The summed E-state index contributed by atoms with van der Waals surface area (Å²) >= 11 is 0. The first-order valence-electron chi connectivity index (χ1n) is 10.3. The van der Waals surface area contributed by atoms with Crippen LogP contribution in [0, 0.1) is 10.1 Å². The van der Waals surface area contributed by atoms with E-state index in [0.29, 0.717) is 25.1 Å². The van der Waals surface area contributed by atoms with Crippen LogP contribution in [-0.2, 0) is 9.59 Å². The molecule has 0 radical (unpaired) electrons. The predicted octanol–water partition coefficient (Wildman–Crippen LogP) is 1.31. The first-order valence-corrected chi connectivity index (χ1v) is 10.3. The molecule has 10 heteroatoms. The van der Waals surface area contributed by atoms with E-state index < -0.39 is 16.6 Å². The summed E-state index contributed by atoms with van der Waals surface area (Å²) in [5.74, 6) is -0.536. The van der Waals surface area contributed by atoms with Crippen LogP contribution in [-0.4, -0.2) is 53.0 Å². The summed E-state index contributed by atoms with van der Waals surface area (Å²) in [7, 11) is 0. The lowest BCUT2D eigenvalue weighted by atomic mass is 9.93. The van der Waals surface area contributed by atoms with Gasteiger partial charge in [-0.25, -0.2) is 0 Å². The standard InChI is InChI=1S/C20H32N6O4/c1-20(11-2-3-14-23-20)25(18(27)10-13-22)17(5-4-12-21)19(28)24-15-6-8-16(9-7-15)26(29)30/h6-9,17,23H,2-5,10-14,21-22H2,1H3,(H,24,28)/t17-,20?/m0/s1. The van der Waals surface area contributed by atoms with Crippen LogP contribution < -0.4 is 22.1 Å². The Morgan fingerprint density at radius 2 is 1.97 bits per heavy atom. The molecule has 1 aromatic carbocycles. The molecule has 2 atom stereocenters. The van der Waals surface area contributed by atoms with E-state index in [1.807, 2.05) is 6.92 Å². The molecule has 1 fully saturated rings. The Hall–Kier alpha value is -2.56. The van der Waals surface area contributed by atoms with Gasteiger partial charge in [0.25, 0.3) is 5.69 Å². The Morgan fingerprint density at radius 3 is 2.50 bits per heavy atom. The van der Waals surface area contributed by atoms with E-state index in [1.54, 1.807) is 4.90 Å². The number of amides is 2. The summed E-state index contributed by atoms with van der Waals surface area (Å²) in [6, 6.07) is 4.86. The van der Waals surface area contributed by atoms with Crippen LogP contribution in [0.25, 0.3) is 0 Å². The van der Waals surface area contributed by atoms with Crippen LogP contribution in [0.2, 0.25) is 0 Å². The molecule has 1 aromatic rings. The molecule has 0 aliphatic carbocycles. The zero-order valence-corrected chi connectivity index (χ0v) is 17.4. The molecule has 0 aromatic heterocycles. The fraction of sp³-hybridized carbons (Fsp3) is 0.600. The largest absolute Gasteiger partial charge is 0.330 e. The van der Waals surface area contributed by atoms with E-state index in [4.69, 9.17) is 11.5 Å². The summed E-state index contributed by atoms with van der Waals surface area (Å²) in [6.45, 7) is 3.29. The molecule has 1 aliphatic rings. The molecule has 1 unspecified atom stereocenters. The van der Waals surface area contributed by atoms with Gasteiger partial charge in [0.2, 0.25) is 11.8 Å². The predicted molar refractivity (Wildman–Crippen MR) is 115 cm³/mol. The van der Waals surface area contributed by atoms with Gasteiger partial charge < -0.3 is 21.7 Å². The van der Waals surface area contributed by atoms with E-state index in [1.165, 1.54) is 24.3 Å². The first-order chi connectivity index (χ1) is 14.3. The molecule has 0 saturated carbocycles. The lowest BCUT2D eigenvalue weighted by Crippen LogP contribution is -2.66. The van der Waals surface area contributed by atoms with Crippen molar-refractivity contribution in [2.45, 2.75) is 57.2 Å². The van der Waals surface area contributed by atoms with Crippen molar-refractivity contribution in [3.8, 4) is 0 Å². The Kier molecular flexibility index (Phi) is 8.70. The molecule has 6 N–H and O–H groups in total. The van der Waals surface area contributed by atoms with Gasteiger partial charge in [0, 0.05) is 30.8 Å². The number of carbonyl (C=O) groups excluding carboxylic acids is 2. The molecule has 166 valence electrons. The molecule has 30 heavy (non-hydrogen) atoms. The number of hydrogen-bond acceptors (Lipinski definition) is 7. The maximum atomic E-state index is 13.2. The van der Waals surface area contributed by atoms with Crippen molar-refractivity contribution in [2.75, 3.05) is 25.0 Å². The lowest BCUT2D eigenvalue weighted by molar-refractivity contribution is -0.384. The zero-order valence-electron chi connectivity index (χ0n) is 17.4. The Balaban J connectivity index is 2.30. The molecular formula is C20H32N6O4. The van der Waals surface area contributed by atoms with Gasteiger partial charge in [-0.2, -0.15) is 0 Å². The summed E-state index contributed by atoms with van der Waals surface area (Å²) in [5, 5.41) is 17.0. The zero-order chi connectivity index (χ0) is 22.1. The minimum atomic E-state index is -0.738. The fourth-order valence-corrected chi connectivity index (χ4v) is 3.86. The first kappa shape index (κ1) is 23.7. The average molecular weight is 421 g/mol. The summed E-state index contributed by atoms with van der Waals surface area (Å²) in [4.78, 5) is 38.3. The summed E-state index contributed by atoms with van der Waals surface area (Å²) < 4.78 is 0. The van der Waals surface area contributed by atoms with Crippen LogP contribution in [0.1, 0.15) is 45.4 Å². The minimum Gasteiger partial charge on any atom is -0.330 e. The highest BCUT2D eigenvalue weighted by atomic mass is 16.6. The number of carbonyl (C=O) groups is 2. The number of nitrogens with one attached hydrogen (secondary N) is 2. The average Bonchev–Trinajstić information content (AvgIpc) is 2.71. The highest BCUT2D eigenvalue weighted by molar-refractivity contribution is 5.97. The van der Waals surface area contributed by atoms with Gasteiger partial charge in [-0.15, -0.1) is 0 Å².